The van der Waals surface area contributed by atoms with Gasteiger partial charge in [0.05, 0.1) is 24.4 Å². The van der Waals surface area contributed by atoms with E-state index in [1.54, 1.807) is 23.1 Å². The van der Waals surface area contributed by atoms with Crippen molar-refractivity contribution in [1.29, 1.82) is 0 Å². The van der Waals surface area contributed by atoms with Crippen LogP contribution < -0.4 is 15.4 Å². The molecule has 0 aromatic heterocycles. The van der Waals surface area contributed by atoms with Crippen molar-refractivity contribution in [2.75, 3.05) is 30.8 Å². The standard InChI is InChI=1S/C18H19ClFN3O2S/c1-3-23(18(26)21-12-8-9-14(20)13(19)10-12)11-17(24)22-15-6-4-5-7-16(15)25-2/h4-10H,3,11H2,1-2H3,(H,21,26)(H,22,24). The van der Waals surface area contributed by atoms with Gasteiger partial charge in [-0.1, -0.05) is 23.7 Å². The molecule has 0 unspecified atom stereocenters. The normalized spacial score (nSPS) is 10.2. The Bertz CT molecular complexity index is 804. The summed E-state index contributed by atoms with van der Waals surface area (Å²) in [5, 5.41) is 6.09. The number of para-hydroxylation sites is 2. The van der Waals surface area contributed by atoms with Crippen molar-refractivity contribution < 1.29 is 13.9 Å². The minimum atomic E-state index is -0.508. The summed E-state index contributed by atoms with van der Waals surface area (Å²) >= 11 is 11.1. The van der Waals surface area contributed by atoms with Gasteiger partial charge in [-0.15, -0.1) is 0 Å². The summed E-state index contributed by atoms with van der Waals surface area (Å²) in [5.74, 6) is -0.171. The summed E-state index contributed by atoms with van der Waals surface area (Å²) in [7, 11) is 1.54. The number of carbonyl (C=O) groups is 1. The van der Waals surface area contributed by atoms with E-state index >= 15 is 0 Å². The van der Waals surface area contributed by atoms with Crippen molar-refractivity contribution in [3.05, 3.63) is 53.3 Å². The molecule has 2 N–H and O–H groups in total. The molecule has 1 amide bonds. The number of thiocarbonyl (C=S) groups is 1. The molecule has 2 aromatic carbocycles. The average molecular weight is 396 g/mol. The van der Waals surface area contributed by atoms with E-state index < -0.39 is 5.82 Å². The van der Waals surface area contributed by atoms with Gasteiger partial charge in [-0.25, -0.2) is 4.39 Å². The SMILES string of the molecule is CCN(CC(=O)Nc1ccccc1OC)C(=S)Nc1ccc(F)c(Cl)c1. The number of likely N-dealkylation sites (N-methyl/N-ethyl adjacent to an activating group) is 1. The number of hydrogen-bond donors (Lipinski definition) is 2. The van der Waals surface area contributed by atoms with Gasteiger partial charge >= 0.3 is 0 Å². The monoisotopic (exact) mass is 395 g/mol. The lowest BCUT2D eigenvalue weighted by molar-refractivity contribution is -0.116. The fraction of sp³-hybridized carbons (Fsp3) is 0.222. The molecule has 0 aliphatic heterocycles. The minimum absolute atomic E-state index is 0.00485. The number of amides is 1. The molecule has 5 nitrogen and oxygen atoms in total. The Morgan fingerprint density at radius 2 is 2.00 bits per heavy atom. The van der Waals surface area contributed by atoms with E-state index in [9.17, 15) is 9.18 Å². The third-order valence-corrected chi connectivity index (χ3v) is 4.21. The van der Waals surface area contributed by atoms with Crippen LogP contribution >= 0.6 is 23.8 Å². The molecule has 0 heterocycles. The maximum absolute atomic E-state index is 13.2. The second-order valence-corrected chi connectivity index (χ2v) is 6.12. The highest BCUT2D eigenvalue weighted by Gasteiger charge is 2.14. The Morgan fingerprint density at radius 1 is 1.27 bits per heavy atom. The van der Waals surface area contributed by atoms with Gasteiger partial charge in [0, 0.05) is 12.2 Å². The summed E-state index contributed by atoms with van der Waals surface area (Å²) in [6.07, 6.45) is 0. The van der Waals surface area contributed by atoms with Crippen molar-refractivity contribution in [1.82, 2.24) is 4.90 Å². The molecular formula is C18H19ClFN3O2S. The van der Waals surface area contributed by atoms with Crippen LogP contribution in [0.3, 0.4) is 0 Å². The van der Waals surface area contributed by atoms with Gasteiger partial charge in [-0.2, -0.15) is 0 Å². The zero-order chi connectivity index (χ0) is 19.1. The average Bonchev–Trinajstić information content (AvgIpc) is 2.63. The van der Waals surface area contributed by atoms with Crippen molar-refractivity contribution in [3.63, 3.8) is 0 Å². The second-order valence-electron chi connectivity index (χ2n) is 5.32. The largest absolute Gasteiger partial charge is 0.495 e. The lowest BCUT2D eigenvalue weighted by Crippen LogP contribution is -2.40. The molecule has 0 saturated heterocycles. The molecule has 0 bridgehead atoms. The van der Waals surface area contributed by atoms with E-state index in [0.29, 0.717) is 28.8 Å². The molecule has 2 aromatic rings. The third kappa shape index (κ3) is 5.31. The minimum Gasteiger partial charge on any atom is -0.495 e. The van der Waals surface area contributed by atoms with Crippen LogP contribution in [0, 0.1) is 5.82 Å². The van der Waals surface area contributed by atoms with Crippen molar-refractivity contribution in [2.24, 2.45) is 0 Å². The first kappa shape index (κ1) is 19.9. The zero-order valence-electron chi connectivity index (χ0n) is 14.4. The van der Waals surface area contributed by atoms with Crippen molar-refractivity contribution >= 4 is 46.2 Å². The number of anilines is 2. The Kier molecular flexibility index (Phi) is 7.17. The summed E-state index contributed by atoms with van der Waals surface area (Å²) in [6.45, 7) is 2.44. The maximum Gasteiger partial charge on any atom is 0.244 e. The lowest BCUT2D eigenvalue weighted by atomic mass is 10.3. The maximum atomic E-state index is 13.2. The molecule has 8 heteroatoms. The van der Waals surface area contributed by atoms with E-state index in [1.807, 2.05) is 13.0 Å². The fourth-order valence-electron chi connectivity index (χ4n) is 2.21. The Balaban J connectivity index is 1.99. The van der Waals surface area contributed by atoms with Crippen LogP contribution in [-0.4, -0.2) is 36.1 Å². The summed E-state index contributed by atoms with van der Waals surface area (Å²) < 4.78 is 18.5. The molecular weight excluding hydrogens is 377 g/mol. The van der Waals surface area contributed by atoms with Crippen LogP contribution in [0.4, 0.5) is 15.8 Å². The van der Waals surface area contributed by atoms with Crippen LogP contribution in [0.5, 0.6) is 5.75 Å². The van der Waals surface area contributed by atoms with Crippen molar-refractivity contribution in [3.8, 4) is 5.75 Å². The first-order valence-corrected chi connectivity index (χ1v) is 8.67. The highest BCUT2D eigenvalue weighted by molar-refractivity contribution is 7.80. The predicted molar refractivity (Wildman–Crippen MR) is 107 cm³/mol. The summed E-state index contributed by atoms with van der Waals surface area (Å²) in [6, 6.07) is 11.3. The third-order valence-electron chi connectivity index (χ3n) is 3.56. The van der Waals surface area contributed by atoms with Gasteiger partial charge in [0.15, 0.2) is 5.11 Å². The smallest absolute Gasteiger partial charge is 0.244 e. The Hall–Kier alpha value is -2.38. The van der Waals surface area contributed by atoms with Gasteiger partial charge in [-0.05, 0) is 49.5 Å². The van der Waals surface area contributed by atoms with Crippen LogP contribution in [0.15, 0.2) is 42.5 Å². The second kappa shape index (κ2) is 9.35. The van der Waals surface area contributed by atoms with Gasteiger partial charge in [0.25, 0.3) is 0 Å². The van der Waals surface area contributed by atoms with E-state index in [0.717, 1.165) is 0 Å². The van der Waals surface area contributed by atoms with Crippen LogP contribution in [0.25, 0.3) is 0 Å². The van der Waals surface area contributed by atoms with Gasteiger partial charge in [0.1, 0.15) is 11.6 Å². The fourth-order valence-corrected chi connectivity index (χ4v) is 2.71. The Labute approximate surface area is 162 Å². The topological polar surface area (TPSA) is 53.6 Å². The number of nitrogens with one attached hydrogen (secondary N) is 2. The molecule has 0 atom stereocenters. The summed E-state index contributed by atoms with van der Waals surface area (Å²) in [4.78, 5) is 14.0. The molecule has 2 rings (SSSR count). The van der Waals surface area contributed by atoms with Crippen LogP contribution in [0.2, 0.25) is 5.02 Å². The number of rotatable bonds is 6. The molecule has 138 valence electrons. The first-order valence-electron chi connectivity index (χ1n) is 7.88. The highest BCUT2D eigenvalue weighted by Crippen LogP contribution is 2.23. The molecule has 0 fully saturated rings. The lowest BCUT2D eigenvalue weighted by Gasteiger charge is -2.24. The number of hydrogen-bond acceptors (Lipinski definition) is 3. The van der Waals surface area contributed by atoms with E-state index in [1.165, 1.54) is 25.3 Å². The molecule has 0 radical (unpaired) electrons. The predicted octanol–water partition coefficient (Wildman–Crippen LogP) is 4.15. The number of methoxy groups -OCH3 is 1. The number of carbonyl (C=O) groups excluding carboxylic acids is 1. The first-order chi connectivity index (χ1) is 12.4. The number of benzene rings is 2. The molecule has 0 aliphatic carbocycles. The van der Waals surface area contributed by atoms with Crippen LogP contribution in [0.1, 0.15) is 6.92 Å². The van der Waals surface area contributed by atoms with Crippen molar-refractivity contribution in [2.45, 2.75) is 6.92 Å². The number of nitrogens with zero attached hydrogens (tertiary/aromatic N) is 1. The summed E-state index contributed by atoms with van der Waals surface area (Å²) in [5.41, 5.74) is 1.13. The molecule has 26 heavy (non-hydrogen) atoms. The van der Waals surface area contributed by atoms with E-state index in [-0.39, 0.29) is 17.5 Å². The van der Waals surface area contributed by atoms with Gasteiger partial charge in [0.2, 0.25) is 5.91 Å². The zero-order valence-corrected chi connectivity index (χ0v) is 16.0. The van der Waals surface area contributed by atoms with E-state index in [4.69, 9.17) is 28.6 Å². The van der Waals surface area contributed by atoms with Gasteiger partial charge < -0.3 is 20.3 Å². The highest BCUT2D eigenvalue weighted by atomic mass is 35.5. The molecule has 0 saturated carbocycles. The number of ether oxygens (including phenoxy) is 1. The molecule has 0 spiro atoms. The van der Waals surface area contributed by atoms with E-state index in [2.05, 4.69) is 10.6 Å². The van der Waals surface area contributed by atoms with Crippen LogP contribution in [-0.2, 0) is 4.79 Å². The molecule has 0 aliphatic rings. The Morgan fingerprint density at radius 3 is 2.65 bits per heavy atom. The van der Waals surface area contributed by atoms with Gasteiger partial charge in [-0.3, -0.25) is 4.79 Å². The quantitative estimate of drug-likeness (QED) is 0.720. The number of halogens is 2.